The van der Waals surface area contributed by atoms with E-state index in [-0.39, 0.29) is 18.0 Å². The molecule has 2 aromatic rings. The molecule has 20 heavy (non-hydrogen) atoms. The molecule has 0 spiro atoms. The summed E-state index contributed by atoms with van der Waals surface area (Å²) in [6.07, 6.45) is 1.62. The van der Waals surface area contributed by atoms with Gasteiger partial charge in [0.05, 0.1) is 23.6 Å². The number of hydrogen-bond acceptors (Lipinski definition) is 4. The molecule has 0 aliphatic heterocycles. The maximum atomic E-state index is 11.8. The number of benzene rings is 1. The molecule has 6 nitrogen and oxygen atoms in total. The SMILES string of the molecule is O=C(Cc1ccccc1[N+](=O)[O-])NCc1ccccn1. The van der Waals surface area contributed by atoms with E-state index >= 15 is 0 Å². The van der Waals surface area contributed by atoms with Crippen LogP contribution in [0.1, 0.15) is 11.3 Å². The van der Waals surface area contributed by atoms with Crippen molar-refractivity contribution in [1.82, 2.24) is 10.3 Å². The minimum atomic E-state index is -0.485. The number of nitro benzene ring substituents is 1. The summed E-state index contributed by atoms with van der Waals surface area (Å²) in [5.74, 6) is -0.273. The highest BCUT2D eigenvalue weighted by molar-refractivity contribution is 5.79. The Hall–Kier alpha value is -2.76. The molecule has 6 heteroatoms. The van der Waals surface area contributed by atoms with Crippen molar-refractivity contribution in [2.24, 2.45) is 0 Å². The summed E-state index contributed by atoms with van der Waals surface area (Å²) >= 11 is 0. The number of nitro groups is 1. The van der Waals surface area contributed by atoms with Gasteiger partial charge in [-0.1, -0.05) is 24.3 Å². The van der Waals surface area contributed by atoms with Gasteiger partial charge < -0.3 is 5.32 Å². The quantitative estimate of drug-likeness (QED) is 0.664. The smallest absolute Gasteiger partial charge is 0.273 e. The van der Waals surface area contributed by atoms with Crippen molar-refractivity contribution in [3.8, 4) is 0 Å². The van der Waals surface area contributed by atoms with E-state index in [1.165, 1.54) is 6.07 Å². The Morgan fingerprint density at radius 3 is 2.65 bits per heavy atom. The number of amides is 1. The number of carbonyl (C=O) groups excluding carboxylic acids is 1. The molecule has 0 saturated heterocycles. The number of pyridine rings is 1. The van der Waals surface area contributed by atoms with E-state index in [0.29, 0.717) is 12.1 Å². The third kappa shape index (κ3) is 3.61. The summed E-state index contributed by atoms with van der Waals surface area (Å²) < 4.78 is 0. The first-order chi connectivity index (χ1) is 9.66. The maximum absolute atomic E-state index is 11.8. The van der Waals surface area contributed by atoms with Crippen LogP contribution in [0.3, 0.4) is 0 Å². The summed E-state index contributed by atoms with van der Waals surface area (Å²) in [6, 6.07) is 11.6. The lowest BCUT2D eigenvalue weighted by Crippen LogP contribution is -2.25. The van der Waals surface area contributed by atoms with Crippen LogP contribution in [0.2, 0.25) is 0 Å². The summed E-state index contributed by atoms with van der Waals surface area (Å²) in [5.41, 5.74) is 1.10. The van der Waals surface area contributed by atoms with E-state index in [9.17, 15) is 14.9 Å². The van der Waals surface area contributed by atoms with Gasteiger partial charge in [0.25, 0.3) is 5.69 Å². The molecule has 0 bridgehead atoms. The zero-order chi connectivity index (χ0) is 14.4. The Morgan fingerprint density at radius 2 is 1.95 bits per heavy atom. The average Bonchev–Trinajstić information content (AvgIpc) is 2.46. The van der Waals surface area contributed by atoms with Crippen molar-refractivity contribution in [3.05, 3.63) is 70.0 Å². The fourth-order valence-electron chi connectivity index (χ4n) is 1.77. The van der Waals surface area contributed by atoms with Gasteiger partial charge in [-0.2, -0.15) is 0 Å². The van der Waals surface area contributed by atoms with Crippen LogP contribution in [-0.4, -0.2) is 15.8 Å². The van der Waals surface area contributed by atoms with Crippen LogP contribution in [0.5, 0.6) is 0 Å². The highest BCUT2D eigenvalue weighted by Crippen LogP contribution is 2.17. The number of rotatable bonds is 5. The molecule has 0 radical (unpaired) electrons. The van der Waals surface area contributed by atoms with E-state index in [4.69, 9.17) is 0 Å². The fraction of sp³-hybridized carbons (Fsp3) is 0.143. The van der Waals surface area contributed by atoms with Crippen molar-refractivity contribution < 1.29 is 9.72 Å². The highest BCUT2D eigenvalue weighted by Gasteiger charge is 2.15. The van der Waals surface area contributed by atoms with Crippen LogP contribution < -0.4 is 5.32 Å². The predicted octanol–water partition coefficient (Wildman–Crippen LogP) is 1.85. The molecule has 2 rings (SSSR count). The zero-order valence-electron chi connectivity index (χ0n) is 10.7. The molecule has 1 aromatic heterocycles. The Kier molecular flexibility index (Phi) is 4.39. The topological polar surface area (TPSA) is 85.1 Å². The maximum Gasteiger partial charge on any atom is 0.273 e. The van der Waals surface area contributed by atoms with Crippen LogP contribution in [0.25, 0.3) is 0 Å². The van der Waals surface area contributed by atoms with Crippen LogP contribution in [0.4, 0.5) is 5.69 Å². The Bertz CT molecular complexity index is 614. The van der Waals surface area contributed by atoms with Gasteiger partial charge >= 0.3 is 0 Å². The predicted molar refractivity (Wildman–Crippen MR) is 72.9 cm³/mol. The number of para-hydroxylation sites is 1. The fourth-order valence-corrected chi connectivity index (χ4v) is 1.77. The third-order valence-corrected chi connectivity index (χ3v) is 2.73. The van der Waals surface area contributed by atoms with Gasteiger partial charge in [-0.25, -0.2) is 0 Å². The lowest BCUT2D eigenvalue weighted by Gasteiger charge is -2.05. The molecule has 102 valence electrons. The van der Waals surface area contributed by atoms with E-state index < -0.39 is 4.92 Å². The van der Waals surface area contributed by atoms with Gasteiger partial charge in [0.2, 0.25) is 5.91 Å². The van der Waals surface area contributed by atoms with Gasteiger partial charge in [-0.15, -0.1) is 0 Å². The lowest BCUT2D eigenvalue weighted by atomic mass is 10.1. The normalized spacial score (nSPS) is 10.0. The number of hydrogen-bond donors (Lipinski definition) is 1. The van der Waals surface area contributed by atoms with E-state index in [1.54, 1.807) is 36.5 Å². The van der Waals surface area contributed by atoms with Crippen molar-refractivity contribution in [2.75, 3.05) is 0 Å². The molecule has 0 unspecified atom stereocenters. The minimum absolute atomic E-state index is 0.0238. The van der Waals surface area contributed by atoms with Gasteiger partial charge in [0, 0.05) is 17.8 Å². The van der Waals surface area contributed by atoms with E-state index in [2.05, 4.69) is 10.3 Å². The first-order valence-electron chi connectivity index (χ1n) is 6.05. The molecule has 0 atom stereocenters. The Morgan fingerprint density at radius 1 is 1.20 bits per heavy atom. The van der Waals surface area contributed by atoms with Crippen LogP contribution in [-0.2, 0) is 17.8 Å². The van der Waals surface area contributed by atoms with Crippen LogP contribution in [0, 0.1) is 10.1 Å². The van der Waals surface area contributed by atoms with Gasteiger partial charge in [-0.3, -0.25) is 19.9 Å². The van der Waals surface area contributed by atoms with Crippen molar-refractivity contribution in [3.63, 3.8) is 0 Å². The second-order valence-electron chi connectivity index (χ2n) is 4.16. The molecule has 0 saturated carbocycles. The summed E-state index contributed by atoms with van der Waals surface area (Å²) in [5, 5.41) is 13.5. The molecule has 1 aromatic carbocycles. The Labute approximate surface area is 115 Å². The highest BCUT2D eigenvalue weighted by atomic mass is 16.6. The average molecular weight is 271 g/mol. The lowest BCUT2D eigenvalue weighted by molar-refractivity contribution is -0.385. The van der Waals surface area contributed by atoms with Crippen LogP contribution in [0.15, 0.2) is 48.7 Å². The van der Waals surface area contributed by atoms with Crippen LogP contribution >= 0.6 is 0 Å². The summed E-state index contributed by atoms with van der Waals surface area (Å²) in [6.45, 7) is 0.306. The standard InChI is InChI=1S/C14H13N3O3/c18-14(16-10-12-6-3-4-8-15-12)9-11-5-1-2-7-13(11)17(19)20/h1-8H,9-10H2,(H,16,18). The van der Waals surface area contributed by atoms with Gasteiger partial charge in [-0.05, 0) is 12.1 Å². The van der Waals surface area contributed by atoms with Crippen molar-refractivity contribution >= 4 is 11.6 Å². The molecule has 0 aliphatic carbocycles. The number of aromatic nitrogens is 1. The number of nitrogens with zero attached hydrogens (tertiary/aromatic N) is 2. The largest absolute Gasteiger partial charge is 0.350 e. The molecule has 1 amide bonds. The molecule has 0 fully saturated rings. The van der Waals surface area contributed by atoms with E-state index in [1.807, 2.05) is 6.07 Å². The number of nitrogens with one attached hydrogen (secondary N) is 1. The monoisotopic (exact) mass is 271 g/mol. The summed E-state index contributed by atoms with van der Waals surface area (Å²) in [4.78, 5) is 26.2. The van der Waals surface area contributed by atoms with Crippen molar-refractivity contribution in [2.45, 2.75) is 13.0 Å². The zero-order valence-corrected chi connectivity index (χ0v) is 10.7. The molecular weight excluding hydrogens is 258 g/mol. The molecular formula is C14H13N3O3. The van der Waals surface area contributed by atoms with Gasteiger partial charge in [0.1, 0.15) is 0 Å². The summed E-state index contributed by atoms with van der Waals surface area (Å²) in [7, 11) is 0. The molecule has 0 aliphatic rings. The first kappa shape index (κ1) is 13.7. The van der Waals surface area contributed by atoms with Gasteiger partial charge in [0.15, 0.2) is 0 Å². The second-order valence-corrected chi connectivity index (χ2v) is 4.16. The van der Waals surface area contributed by atoms with E-state index in [0.717, 1.165) is 5.69 Å². The second kappa shape index (κ2) is 6.42. The molecule has 1 N–H and O–H groups in total. The Balaban J connectivity index is 1.97. The van der Waals surface area contributed by atoms with Crippen molar-refractivity contribution in [1.29, 1.82) is 0 Å². The first-order valence-corrected chi connectivity index (χ1v) is 6.05. The third-order valence-electron chi connectivity index (χ3n) is 2.73. The number of carbonyl (C=O) groups is 1. The molecule has 1 heterocycles. The minimum Gasteiger partial charge on any atom is -0.350 e.